The molecule has 0 fully saturated rings. The van der Waals surface area contributed by atoms with E-state index >= 15 is 0 Å². The second-order valence-corrected chi connectivity index (χ2v) is 10.5. The van der Waals surface area contributed by atoms with Crippen molar-refractivity contribution in [2.75, 3.05) is 49.8 Å². The summed E-state index contributed by atoms with van der Waals surface area (Å²) in [5.41, 5.74) is 2.48. The molecule has 0 aliphatic rings. The Labute approximate surface area is 280 Å². The molecule has 0 atom stereocenters. The predicted octanol–water partition coefficient (Wildman–Crippen LogP) is 9.48. The van der Waals surface area contributed by atoms with E-state index in [1.807, 2.05) is 103 Å². The van der Waals surface area contributed by atoms with Crippen LogP contribution in [0.5, 0.6) is 40.2 Å². The van der Waals surface area contributed by atoms with Crippen LogP contribution in [0.4, 0.5) is 0 Å². The first-order chi connectivity index (χ1) is 22.7. The Hall–Kier alpha value is -5.14. The molecular formula is C40H48O7. The van der Waals surface area contributed by atoms with Gasteiger partial charge in [0, 0.05) is 19.6 Å². The highest BCUT2D eigenvalue weighted by Gasteiger charge is 2.23. The highest BCUT2D eigenvalue weighted by Crippen LogP contribution is 2.33. The Morgan fingerprint density at radius 1 is 0.319 bits per heavy atom. The van der Waals surface area contributed by atoms with Crippen molar-refractivity contribution in [1.82, 2.24) is 0 Å². The maximum atomic E-state index is 5.67. The molecule has 7 heteroatoms. The van der Waals surface area contributed by atoms with Crippen LogP contribution in [0.25, 0.3) is 0 Å². The van der Waals surface area contributed by atoms with Crippen molar-refractivity contribution in [3.8, 4) is 40.2 Å². The minimum atomic E-state index is -0.0431. The molecule has 0 amide bonds. The van der Waals surface area contributed by atoms with Crippen molar-refractivity contribution >= 4 is 0 Å². The van der Waals surface area contributed by atoms with E-state index in [4.69, 9.17) is 28.4 Å². The zero-order valence-electron chi connectivity index (χ0n) is 29.0. The van der Waals surface area contributed by atoms with E-state index in [0.717, 1.165) is 40.2 Å². The monoisotopic (exact) mass is 640 g/mol. The van der Waals surface area contributed by atoms with E-state index < -0.39 is 0 Å². The molecule has 0 aliphatic carbocycles. The summed E-state index contributed by atoms with van der Waals surface area (Å²) in [6, 6.07) is 41.0. The molecule has 5 rings (SSSR count). The molecule has 0 unspecified atom stereocenters. The lowest BCUT2D eigenvalue weighted by molar-refractivity contribution is 0.277. The van der Waals surface area contributed by atoms with Crippen molar-refractivity contribution in [3.05, 3.63) is 139 Å². The Morgan fingerprint density at radius 2 is 0.553 bits per heavy atom. The van der Waals surface area contributed by atoms with E-state index in [0.29, 0.717) is 0 Å². The average Bonchev–Trinajstić information content (AvgIpc) is 3.13. The number of ether oxygens (including phenoxy) is 7. The van der Waals surface area contributed by atoms with E-state index in [1.165, 1.54) is 11.1 Å². The smallest absolute Gasteiger partial charge is 0.127 e. The number of hydrogen-bond acceptors (Lipinski definition) is 7. The number of methoxy groups -OCH3 is 6. The highest BCUT2D eigenvalue weighted by atomic mass is 16.5. The third-order valence-electron chi connectivity index (χ3n) is 6.96. The maximum Gasteiger partial charge on any atom is 0.127 e. The lowest BCUT2D eigenvalue weighted by atomic mass is 9.78. The molecule has 250 valence electrons. The Morgan fingerprint density at radius 3 is 0.809 bits per heavy atom. The van der Waals surface area contributed by atoms with Gasteiger partial charge in [0.1, 0.15) is 40.2 Å². The van der Waals surface area contributed by atoms with Gasteiger partial charge in [0.25, 0.3) is 0 Å². The van der Waals surface area contributed by atoms with Crippen LogP contribution in [0.3, 0.4) is 0 Å². The zero-order valence-corrected chi connectivity index (χ0v) is 29.0. The van der Waals surface area contributed by atoms with Gasteiger partial charge < -0.3 is 33.2 Å². The molecular weight excluding hydrogens is 592 g/mol. The van der Waals surface area contributed by atoms with Crippen molar-refractivity contribution in [1.29, 1.82) is 0 Å². The lowest BCUT2D eigenvalue weighted by Crippen LogP contribution is -2.18. The molecule has 47 heavy (non-hydrogen) atoms. The summed E-state index contributed by atoms with van der Waals surface area (Å²) in [7, 11) is 11.6. The van der Waals surface area contributed by atoms with E-state index in [9.17, 15) is 0 Å². The van der Waals surface area contributed by atoms with E-state index in [2.05, 4.69) is 42.8 Å². The molecule has 0 aromatic heterocycles. The molecule has 0 spiro atoms. The predicted molar refractivity (Wildman–Crippen MR) is 190 cm³/mol. The minimum Gasteiger partial charge on any atom is -0.497 e. The summed E-state index contributed by atoms with van der Waals surface area (Å²) >= 11 is 0. The lowest BCUT2D eigenvalue weighted by Gasteiger charge is -2.26. The second kappa shape index (κ2) is 20.8. The molecule has 0 aliphatic heterocycles. The minimum absolute atomic E-state index is 0.0431. The van der Waals surface area contributed by atoms with Crippen LogP contribution in [0.15, 0.2) is 127 Å². The second-order valence-electron chi connectivity index (χ2n) is 10.5. The number of benzene rings is 5. The molecule has 7 nitrogen and oxygen atoms in total. The first-order valence-corrected chi connectivity index (χ1v) is 15.0. The Bertz CT molecular complexity index is 1400. The van der Waals surface area contributed by atoms with Gasteiger partial charge in [-0.3, -0.25) is 0 Å². The SMILES string of the molecule is COC.COc1ccc(C(C)(C)c2ccc(OC)cc2)cc1.COc1ccc(Oc2ccc(OC)cc2)cc1.COc1ccccc1. The normalized spacial score (nSPS) is 9.89. The first kappa shape index (κ1) is 38.0. The molecule has 5 aromatic carbocycles. The Balaban J connectivity index is 0.000000250. The summed E-state index contributed by atoms with van der Waals surface area (Å²) in [5.74, 6) is 5.85. The third-order valence-corrected chi connectivity index (χ3v) is 6.96. The van der Waals surface area contributed by atoms with Gasteiger partial charge in [-0.05, 0) is 96.1 Å². The summed E-state index contributed by atoms with van der Waals surface area (Å²) in [5, 5.41) is 0. The van der Waals surface area contributed by atoms with E-state index in [1.54, 1.807) is 49.8 Å². The van der Waals surface area contributed by atoms with Crippen LogP contribution in [-0.4, -0.2) is 49.8 Å². The standard InChI is InChI=1S/C17H20O2.C14H14O3.C7H8O.C2H6O/c1-17(2,13-5-9-15(18-3)10-6-13)14-7-11-16(19-4)12-8-14;1-15-11-3-7-13(8-4-11)17-14-9-5-12(16-2)6-10-14;1-8-7-5-3-2-4-6-7;1-3-2/h5-12H,1-4H3;3-10H,1-2H3;2-6H,1H3;1-2H3. The maximum absolute atomic E-state index is 5.67. The van der Waals surface area contributed by atoms with Crippen LogP contribution in [0.1, 0.15) is 25.0 Å². The largest absolute Gasteiger partial charge is 0.497 e. The molecule has 0 saturated carbocycles. The average molecular weight is 641 g/mol. The summed E-state index contributed by atoms with van der Waals surface area (Å²) in [6.07, 6.45) is 0. The van der Waals surface area contributed by atoms with Crippen molar-refractivity contribution in [2.45, 2.75) is 19.3 Å². The van der Waals surface area contributed by atoms with Crippen LogP contribution >= 0.6 is 0 Å². The fourth-order valence-corrected chi connectivity index (χ4v) is 4.16. The van der Waals surface area contributed by atoms with Crippen molar-refractivity contribution in [3.63, 3.8) is 0 Å². The van der Waals surface area contributed by atoms with Crippen molar-refractivity contribution < 1.29 is 33.2 Å². The summed E-state index contributed by atoms with van der Waals surface area (Å²) in [4.78, 5) is 0. The van der Waals surface area contributed by atoms with Gasteiger partial charge in [0.15, 0.2) is 0 Å². The summed E-state index contributed by atoms with van der Waals surface area (Å²) in [6.45, 7) is 4.44. The molecule has 0 radical (unpaired) electrons. The van der Waals surface area contributed by atoms with Crippen LogP contribution in [-0.2, 0) is 10.2 Å². The molecule has 0 heterocycles. The summed E-state index contributed by atoms with van der Waals surface area (Å²) < 4.78 is 35.4. The molecule has 0 saturated heterocycles. The van der Waals surface area contributed by atoms with Gasteiger partial charge in [0.2, 0.25) is 0 Å². The fourth-order valence-electron chi connectivity index (χ4n) is 4.16. The molecule has 5 aromatic rings. The number of para-hydroxylation sites is 1. The van der Waals surface area contributed by atoms with Crippen LogP contribution in [0, 0.1) is 0 Å². The van der Waals surface area contributed by atoms with Gasteiger partial charge >= 0.3 is 0 Å². The van der Waals surface area contributed by atoms with Gasteiger partial charge in [-0.2, -0.15) is 0 Å². The third kappa shape index (κ3) is 13.0. The molecule has 0 bridgehead atoms. The zero-order chi connectivity index (χ0) is 34.5. The van der Waals surface area contributed by atoms with Gasteiger partial charge in [0.05, 0.1) is 35.5 Å². The Kier molecular flexibility index (Phi) is 16.8. The van der Waals surface area contributed by atoms with Gasteiger partial charge in [-0.1, -0.05) is 56.3 Å². The van der Waals surface area contributed by atoms with Gasteiger partial charge in [-0.15, -0.1) is 0 Å². The first-order valence-electron chi connectivity index (χ1n) is 15.0. The van der Waals surface area contributed by atoms with Crippen molar-refractivity contribution in [2.24, 2.45) is 0 Å². The molecule has 0 N–H and O–H groups in total. The van der Waals surface area contributed by atoms with E-state index in [-0.39, 0.29) is 5.41 Å². The fraction of sp³-hybridized carbons (Fsp3) is 0.250. The van der Waals surface area contributed by atoms with Crippen LogP contribution < -0.4 is 28.4 Å². The van der Waals surface area contributed by atoms with Crippen LogP contribution in [0.2, 0.25) is 0 Å². The number of hydrogen-bond donors (Lipinski definition) is 0. The highest BCUT2D eigenvalue weighted by molar-refractivity contribution is 5.42. The topological polar surface area (TPSA) is 64.6 Å². The van der Waals surface area contributed by atoms with Gasteiger partial charge in [-0.25, -0.2) is 0 Å². The quantitative estimate of drug-likeness (QED) is 0.159. The number of rotatable bonds is 9.